The fourth-order valence-electron chi connectivity index (χ4n) is 2.25. The van der Waals surface area contributed by atoms with Crippen molar-refractivity contribution in [1.29, 1.82) is 0 Å². The molecule has 100 valence electrons. The molecule has 1 aromatic carbocycles. The Hall–Kier alpha value is -0.860. The summed E-state index contributed by atoms with van der Waals surface area (Å²) in [5.41, 5.74) is 2.51. The molecule has 1 unspecified atom stereocenters. The molecule has 1 saturated carbocycles. The van der Waals surface area contributed by atoms with E-state index in [9.17, 15) is 5.11 Å². The lowest BCUT2D eigenvalue weighted by Crippen LogP contribution is -2.26. The second-order valence-corrected chi connectivity index (χ2v) is 6.56. The Labute approximate surface area is 111 Å². The molecule has 0 saturated heterocycles. The van der Waals surface area contributed by atoms with Gasteiger partial charge in [0.2, 0.25) is 0 Å². The van der Waals surface area contributed by atoms with Gasteiger partial charge in [-0.3, -0.25) is 0 Å². The molecule has 1 N–H and O–H groups in total. The zero-order chi connectivity index (χ0) is 13.3. The third kappa shape index (κ3) is 3.33. The molecule has 1 aliphatic rings. The Morgan fingerprint density at radius 3 is 2.22 bits per heavy atom. The summed E-state index contributed by atoms with van der Waals surface area (Å²) in [5, 5.41) is 10.2. The second-order valence-electron chi connectivity index (χ2n) is 6.56. The molecule has 0 bridgehead atoms. The number of benzene rings is 1. The van der Waals surface area contributed by atoms with Crippen LogP contribution >= 0.6 is 0 Å². The van der Waals surface area contributed by atoms with Crippen molar-refractivity contribution >= 4 is 0 Å². The van der Waals surface area contributed by atoms with Crippen LogP contribution in [0.2, 0.25) is 0 Å². The highest BCUT2D eigenvalue weighted by Gasteiger charge is 2.27. The van der Waals surface area contributed by atoms with E-state index in [0.29, 0.717) is 6.04 Å². The maximum absolute atomic E-state index is 10.2. The largest absolute Gasteiger partial charge is 0.387 e. The molecule has 1 aromatic rings. The maximum Gasteiger partial charge on any atom is 0.0916 e. The molecular weight excluding hydrogens is 222 g/mol. The topological polar surface area (TPSA) is 23.5 Å². The summed E-state index contributed by atoms with van der Waals surface area (Å²) < 4.78 is 0. The van der Waals surface area contributed by atoms with Crippen LogP contribution < -0.4 is 0 Å². The van der Waals surface area contributed by atoms with Crippen molar-refractivity contribution in [3.05, 3.63) is 35.4 Å². The van der Waals surface area contributed by atoms with Gasteiger partial charge in [0.15, 0.2) is 0 Å². The SMILES string of the molecule is CN(CC(O)c1ccc(C(C)(C)C)cc1)C1CC1. The standard InChI is InChI=1S/C16H25NO/c1-16(2,3)13-7-5-12(6-8-13)15(18)11-17(4)14-9-10-14/h5-8,14-15,18H,9-11H2,1-4H3. The van der Waals surface area contributed by atoms with E-state index in [4.69, 9.17) is 0 Å². The van der Waals surface area contributed by atoms with Crippen molar-refractivity contribution in [3.63, 3.8) is 0 Å². The van der Waals surface area contributed by atoms with Gasteiger partial charge in [-0.15, -0.1) is 0 Å². The van der Waals surface area contributed by atoms with E-state index >= 15 is 0 Å². The van der Waals surface area contributed by atoms with E-state index in [1.165, 1.54) is 18.4 Å². The van der Waals surface area contributed by atoms with Gasteiger partial charge in [-0.1, -0.05) is 45.0 Å². The Morgan fingerprint density at radius 1 is 1.22 bits per heavy atom. The summed E-state index contributed by atoms with van der Waals surface area (Å²) >= 11 is 0. The minimum Gasteiger partial charge on any atom is -0.387 e. The lowest BCUT2D eigenvalue weighted by Gasteiger charge is -2.22. The first-order valence-electron chi connectivity index (χ1n) is 6.86. The van der Waals surface area contributed by atoms with Crippen LogP contribution in [-0.2, 0) is 5.41 Å². The fraction of sp³-hybridized carbons (Fsp3) is 0.625. The highest BCUT2D eigenvalue weighted by molar-refractivity contribution is 5.28. The monoisotopic (exact) mass is 247 g/mol. The van der Waals surface area contributed by atoms with E-state index < -0.39 is 0 Å². The van der Waals surface area contributed by atoms with Gasteiger partial charge in [-0.05, 0) is 36.4 Å². The van der Waals surface area contributed by atoms with E-state index in [-0.39, 0.29) is 11.5 Å². The van der Waals surface area contributed by atoms with Crippen molar-refractivity contribution in [1.82, 2.24) is 4.90 Å². The van der Waals surface area contributed by atoms with Crippen LogP contribution in [0, 0.1) is 0 Å². The van der Waals surface area contributed by atoms with E-state index in [2.05, 4.69) is 57.0 Å². The van der Waals surface area contributed by atoms with Gasteiger partial charge in [-0.25, -0.2) is 0 Å². The lowest BCUT2D eigenvalue weighted by molar-refractivity contribution is 0.123. The van der Waals surface area contributed by atoms with Crippen LogP contribution in [0.1, 0.15) is 50.8 Å². The third-order valence-electron chi connectivity index (χ3n) is 3.79. The summed E-state index contributed by atoms with van der Waals surface area (Å²) in [7, 11) is 2.10. The van der Waals surface area contributed by atoms with Crippen molar-refractivity contribution < 1.29 is 5.11 Å². The summed E-state index contributed by atoms with van der Waals surface area (Å²) in [6, 6.07) is 9.09. The molecule has 1 atom stereocenters. The van der Waals surface area contributed by atoms with Crippen LogP contribution in [0.25, 0.3) is 0 Å². The van der Waals surface area contributed by atoms with Crippen LogP contribution in [0.4, 0.5) is 0 Å². The quantitative estimate of drug-likeness (QED) is 0.883. The minimum absolute atomic E-state index is 0.175. The number of rotatable bonds is 4. The number of aliphatic hydroxyl groups excluding tert-OH is 1. The van der Waals surface area contributed by atoms with Gasteiger partial charge in [0.25, 0.3) is 0 Å². The first-order valence-corrected chi connectivity index (χ1v) is 6.86. The van der Waals surface area contributed by atoms with Gasteiger partial charge in [0.05, 0.1) is 6.10 Å². The highest BCUT2D eigenvalue weighted by atomic mass is 16.3. The molecule has 2 heteroatoms. The van der Waals surface area contributed by atoms with Crippen LogP contribution in [-0.4, -0.2) is 29.6 Å². The molecule has 0 spiro atoms. The van der Waals surface area contributed by atoms with Gasteiger partial charge < -0.3 is 10.0 Å². The third-order valence-corrected chi connectivity index (χ3v) is 3.79. The van der Waals surface area contributed by atoms with Gasteiger partial charge in [-0.2, -0.15) is 0 Å². The van der Waals surface area contributed by atoms with E-state index in [1.54, 1.807) is 0 Å². The molecule has 0 heterocycles. The first kappa shape index (κ1) is 13.6. The zero-order valence-electron chi connectivity index (χ0n) is 12.0. The van der Waals surface area contributed by atoms with Crippen molar-refractivity contribution in [3.8, 4) is 0 Å². The summed E-state index contributed by atoms with van der Waals surface area (Å²) in [6.07, 6.45) is 2.20. The fourth-order valence-corrected chi connectivity index (χ4v) is 2.25. The van der Waals surface area contributed by atoms with Crippen molar-refractivity contribution in [2.45, 2.75) is 51.2 Å². The molecule has 1 fully saturated rings. The average Bonchev–Trinajstić information content (AvgIpc) is 3.11. The number of aliphatic hydroxyl groups is 1. The highest BCUT2D eigenvalue weighted by Crippen LogP contribution is 2.28. The smallest absolute Gasteiger partial charge is 0.0916 e. The van der Waals surface area contributed by atoms with Gasteiger partial charge in [0.1, 0.15) is 0 Å². The van der Waals surface area contributed by atoms with Crippen molar-refractivity contribution in [2.24, 2.45) is 0 Å². The number of hydrogen-bond donors (Lipinski definition) is 1. The lowest BCUT2D eigenvalue weighted by atomic mass is 9.86. The number of likely N-dealkylation sites (N-methyl/N-ethyl adjacent to an activating group) is 1. The normalized spacial score (nSPS) is 18.1. The maximum atomic E-state index is 10.2. The Kier molecular flexibility index (Phi) is 3.79. The Bertz CT molecular complexity index is 387. The molecular formula is C16H25NO. The Morgan fingerprint density at radius 2 is 1.78 bits per heavy atom. The molecule has 0 amide bonds. The van der Waals surface area contributed by atoms with E-state index in [0.717, 1.165) is 12.1 Å². The van der Waals surface area contributed by atoms with Gasteiger partial charge >= 0.3 is 0 Å². The second kappa shape index (κ2) is 5.02. The predicted octanol–water partition coefficient (Wildman–Crippen LogP) is 3.11. The van der Waals surface area contributed by atoms with E-state index in [1.807, 2.05) is 0 Å². The summed E-state index contributed by atoms with van der Waals surface area (Å²) in [5.74, 6) is 0. The van der Waals surface area contributed by atoms with Crippen molar-refractivity contribution in [2.75, 3.05) is 13.6 Å². The molecule has 2 rings (SSSR count). The first-order chi connectivity index (χ1) is 8.38. The van der Waals surface area contributed by atoms with Crippen LogP contribution in [0.5, 0.6) is 0 Å². The minimum atomic E-state index is -0.371. The molecule has 18 heavy (non-hydrogen) atoms. The molecule has 0 aromatic heterocycles. The molecule has 1 aliphatic carbocycles. The molecule has 0 radical (unpaired) electrons. The number of hydrogen-bond acceptors (Lipinski definition) is 2. The Balaban J connectivity index is 1.99. The van der Waals surface area contributed by atoms with Crippen LogP contribution in [0.15, 0.2) is 24.3 Å². The summed E-state index contributed by atoms with van der Waals surface area (Å²) in [6.45, 7) is 7.36. The molecule has 0 aliphatic heterocycles. The average molecular weight is 247 g/mol. The predicted molar refractivity (Wildman–Crippen MR) is 75.8 cm³/mol. The zero-order valence-corrected chi connectivity index (χ0v) is 12.0. The van der Waals surface area contributed by atoms with Crippen LogP contribution in [0.3, 0.4) is 0 Å². The van der Waals surface area contributed by atoms with Gasteiger partial charge in [0, 0.05) is 12.6 Å². The number of nitrogens with zero attached hydrogens (tertiary/aromatic N) is 1. The summed E-state index contributed by atoms with van der Waals surface area (Å²) in [4.78, 5) is 2.27. The molecule has 2 nitrogen and oxygen atoms in total.